The van der Waals surface area contributed by atoms with Crippen LogP contribution in [0.1, 0.15) is 20.3 Å². The lowest BCUT2D eigenvalue weighted by atomic mass is 10.4. The number of alkyl halides is 2. The van der Waals surface area contributed by atoms with Crippen LogP contribution in [0.2, 0.25) is 0 Å². The van der Waals surface area contributed by atoms with Crippen molar-refractivity contribution in [2.45, 2.75) is 24.6 Å². The first-order chi connectivity index (χ1) is 2.56. The van der Waals surface area contributed by atoms with Crippen molar-refractivity contribution in [3.63, 3.8) is 0 Å². The van der Waals surface area contributed by atoms with Gasteiger partial charge in [-0.2, -0.15) is 0 Å². The molecular weight excluding hydrogens is 146 g/mol. The van der Waals surface area contributed by atoms with Gasteiger partial charge in [-0.05, 0) is 13.3 Å². The summed E-state index contributed by atoms with van der Waals surface area (Å²) in [7, 11) is 0. The molecule has 0 aromatic carbocycles. The molecule has 0 aliphatic rings. The molecule has 7 heavy (non-hydrogen) atoms. The molecule has 44 valence electrons. The van der Waals surface area contributed by atoms with Gasteiger partial charge in [0.25, 0.3) is 0 Å². The van der Waals surface area contributed by atoms with Crippen LogP contribution in [-0.2, 0) is 0 Å². The van der Waals surface area contributed by atoms with Gasteiger partial charge in [-0.1, -0.05) is 6.92 Å². The van der Waals surface area contributed by atoms with E-state index in [1.165, 1.54) is 0 Å². The van der Waals surface area contributed by atoms with E-state index in [1.54, 1.807) is 6.92 Å². The highest BCUT2D eigenvalue weighted by Gasteiger charge is 2.10. The van der Waals surface area contributed by atoms with Crippen molar-refractivity contribution in [2.75, 3.05) is 0 Å². The number of hydrogen-bond acceptors (Lipinski definition) is 0. The lowest BCUT2D eigenvalue weighted by molar-refractivity contribution is 0.821. The van der Waals surface area contributed by atoms with Gasteiger partial charge in [0.1, 0.15) is 4.33 Å². The normalized spacial score (nSPS) is 10.3. The van der Waals surface area contributed by atoms with E-state index in [0.29, 0.717) is 0 Å². The molecule has 0 bridgehead atoms. The zero-order valence-electron chi connectivity index (χ0n) is 3.96. The number of rotatable bonds is 1. The Kier molecular flexibility index (Phi) is 6.34. The molecule has 0 aromatic rings. The summed E-state index contributed by atoms with van der Waals surface area (Å²) in [6, 6.07) is 0. The van der Waals surface area contributed by atoms with Crippen molar-refractivity contribution in [1.82, 2.24) is 0 Å². The Morgan fingerprint density at radius 3 is 1.57 bits per heavy atom. The first-order valence-corrected chi connectivity index (χ1v) is 2.69. The van der Waals surface area contributed by atoms with E-state index in [1.807, 2.05) is 6.92 Å². The van der Waals surface area contributed by atoms with E-state index in [4.69, 9.17) is 23.2 Å². The van der Waals surface area contributed by atoms with Crippen LogP contribution in [0.3, 0.4) is 0 Å². The summed E-state index contributed by atoms with van der Waals surface area (Å²) in [6.45, 7) is 3.72. The highest BCUT2D eigenvalue weighted by Crippen LogP contribution is 2.22. The van der Waals surface area contributed by atoms with Crippen LogP contribution in [0.5, 0.6) is 0 Å². The fourth-order valence-electron chi connectivity index (χ4n) is 0. The lowest BCUT2D eigenvalue weighted by Crippen LogP contribution is -2.00. The molecular formula is C4H11AlCl2. The monoisotopic (exact) mass is 156 g/mol. The van der Waals surface area contributed by atoms with Gasteiger partial charge in [0.05, 0.1) is 0 Å². The summed E-state index contributed by atoms with van der Waals surface area (Å²) in [5, 5.41) is 0. The van der Waals surface area contributed by atoms with Crippen molar-refractivity contribution >= 4 is 40.6 Å². The Hall–Kier alpha value is 1.11. The Morgan fingerprint density at radius 2 is 1.57 bits per heavy atom. The molecule has 0 unspecified atom stereocenters. The van der Waals surface area contributed by atoms with Crippen molar-refractivity contribution in [3.8, 4) is 0 Å². The molecule has 0 saturated heterocycles. The van der Waals surface area contributed by atoms with Crippen molar-refractivity contribution in [2.24, 2.45) is 0 Å². The van der Waals surface area contributed by atoms with Crippen molar-refractivity contribution < 1.29 is 0 Å². The standard InChI is InChI=1S/C4H8Cl2.Al.3H/c1-3-4(2,5)6;;;;/h3H2,1-2H3;;;;. The van der Waals surface area contributed by atoms with E-state index in [9.17, 15) is 0 Å². The Labute approximate surface area is 65.3 Å². The van der Waals surface area contributed by atoms with Gasteiger partial charge in [0.2, 0.25) is 0 Å². The van der Waals surface area contributed by atoms with Crippen LogP contribution in [-0.4, -0.2) is 21.7 Å². The summed E-state index contributed by atoms with van der Waals surface area (Å²) < 4.78 is -0.514. The molecule has 0 aliphatic carbocycles. The van der Waals surface area contributed by atoms with E-state index >= 15 is 0 Å². The third kappa shape index (κ3) is 11.0. The Balaban J connectivity index is 0. The average Bonchev–Trinajstić information content (AvgIpc) is 1.35. The van der Waals surface area contributed by atoms with Crippen LogP contribution in [0, 0.1) is 0 Å². The summed E-state index contributed by atoms with van der Waals surface area (Å²) in [6.07, 6.45) is 0.802. The summed E-state index contributed by atoms with van der Waals surface area (Å²) in [5.74, 6) is 0. The van der Waals surface area contributed by atoms with Gasteiger partial charge in [-0.3, -0.25) is 0 Å². The molecule has 0 radical (unpaired) electrons. The molecule has 0 N–H and O–H groups in total. The minimum Gasteiger partial charge on any atom is -0.102 e. The molecule has 0 atom stereocenters. The predicted molar refractivity (Wildman–Crippen MR) is 40.3 cm³/mol. The van der Waals surface area contributed by atoms with Gasteiger partial charge in [0.15, 0.2) is 17.4 Å². The van der Waals surface area contributed by atoms with Crippen LogP contribution in [0.25, 0.3) is 0 Å². The SMILES string of the molecule is CCC(C)(Cl)Cl.[AlH3]. The van der Waals surface area contributed by atoms with E-state index in [2.05, 4.69) is 0 Å². The molecule has 0 rings (SSSR count). The number of halogens is 2. The van der Waals surface area contributed by atoms with Gasteiger partial charge < -0.3 is 0 Å². The van der Waals surface area contributed by atoms with Gasteiger partial charge in [0, 0.05) is 0 Å². The van der Waals surface area contributed by atoms with Crippen molar-refractivity contribution in [3.05, 3.63) is 0 Å². The fourth-order valence-corrected chi connectivity index (χ4v) is 0. The van der Waals surface area contributed by atoms with Crippen molar-refractivity contribution in [1.29, 1.82) is 0 Å². The maximum absolute atomic E-state index is 5.48. The molecule has 0 fully saturated rings. The second-order valence-electron chi connectivity index (χ2n) is 1.42. The third-order valence-electron chi connectivity index (χ3n) is 0.621. The molecule has 0 amide bonds. The minimum atomic E-state index is -0.514. The molecule has 0 aromatic heterocycles. The minimum absolute atomic E-state index is 0. The number of hydrogen-bond donors (Lipinski definition) is 0. The zero-order chi connectivity index (χ0) is 5.21. The first-order valence-electron chi connectivity index (χ1n) is 1.94. The van der Waals surface area contributed by atoms with Crippen LogP contribution >= 0.6 is 23.2 Å². The highest BCUT2D eigenvalue weighted by atomic mass is 35.5. The molecule has 0 saturated carbocycles. The Bertz CT molecular complexity index is 39.4. The lowest BCUT2D eigenvalue weighted by Gasteiger charge is -2.05. The fraction of sp³-hybridized carbons (Fsp3) is 1.00. The summed E-state index contributed by atoms with van der Waals surface area (Å²) in [5.41, 5.74) is 0. The zero-order valence-corrected chi connectivity index (χ0v) is 5.47. The Morgan fingerprint density at radius 1 is 1.43 bits per heavy atom. The van der Waals surface area contributed by atoms with Gasteiger partial charge in [-0.25, -0.2) is 0 Å². The third-order valence-corrected chi connectivity index (χ3v) is 1.16. The first kappa shape index (κ1) is 11.0. The molecule has 0 nitrogen and oxygen atoms in total. The second-order valence-corrected chi connectivity index (χ2v) is 3.29. The predicted octanol–water partition coefficient (Wildman–Crippen LogP) is 1.41. The van der Waals surface area contributed by atoms with E-state index < -0.39 is 4.33 Å². The van der Waals surface area contributed by atoms with Crippen LogP contribution < -0.4 is 0 Å². The molecule has 0 spiro atoms. The molecule has 0 heterocycles. The molecule has 3 heteroatoms. The average molecular weight is 157 g/mol. The van der Waals surface area contributed by atoms with E-state index in [0.717, 1.165) is 6.42 Å². The van der Waals surface area contributed by atoms with Gasteiger partial charge >= 0.3 is 0 Å². The van der Waals surface area contributed by atoms with Crippen LogP contribution in [0.4, 0.5) is 0 Å². The highest BCUT2D eigenvalue weighted by molar-refractivity contribution is 6.48. The van der Waals surface area contributed by atoms with Gasteiger partial charge in [-0.15, -0.1) is 23.2 Å². The topological polar surface area (TPSA) is 0 Å². The second kappa shape index (κ2) is 4.04. The maximum Gasteiger partial charge on any atom is 0.187 e. The molecule has 0 aliphatic heterocycles. The summed E-state index contributed by atoms with van der Waals surface area (Å²) in [4.78, 5) is 0. The quantitative estimate of drug-likeness (QED) is 0.398. The smallest absolute Gasteiger partial charge is 0.102 e. The summed E-state index contributed by atoms with van der Waals surface area (Å²) >= 11 is 11.0. The van der Waals surface area contributed by atoms with Crippen LogP contribution in [0.15, 0.2) is 0 Å². The largest absolute Gasteiger partial charge is 0.187 e. The van der Waals surface area contributed by atoms with E-state index in [-0.39, 0.29) is 17.4 Å². The maximum atomic E-state index is 5.48.